The number of aliphatic carboxylic acids is 1. The Hall–Kier alpha value is -4.88. The van der Waals surface area contributed by atoms with E-state index in [1.54, 1.807) is 36.7 Å². The first-order valence-corrected chi connectivity index (χ1v) is 14.7. The number of ether oxygens (including phenoxy) is 2. The molecule has 242 valence electrons. The van der Waals surface area contributed by atoms with E-state index in [4.69, 9.17) is 23.8 Å². The Kier molecular flexibility index (Phi) is 10.8. The summed E-state index contributed by atoms with van der Waals surface area (Å²) in [5.41, 5.74) is 2.39. The second-order valence-corrected chi connectivity index (χ2v) is 11.0. The molecule has 0 radical (unpaired) electrons. The molecule has 2 aliphatic rings. The first-order chi connectivity index (χ1) is 21.5. The standard InChI is InChI=1S/C29H36N6O6.C2H4O2/c1-18-28(41-19(2)31-18)29(38)34-12-5-13-40-25-14-20(6-8-24(25)39-4)22-15-35(16-23(22)32-26(36)17-34)27(37)9-7-21-10-11-30-33(21)3;1-2(3)4/h6,8,10-11,14,22-23H,5,7,9,12-13,15-17H2,1-4H3,(H,32,36);1H3,(H,3,4)/t22-,23+;/m1./s1. The molecule has 5 rings (SSSR count). The zero-order chi connectivity index (χ0) is 32.7. The minimum Gasteiger partial charge on any atom is -0.493 e. The lowest BCUT2D eigenvalue weighted by molar-refractivity contribution is -0.134. The van der Waals surface area contributed by atoms with Crippen LogP contribution in [0.4, 0.5) is 0 Å². The molecule has 14 nitrogen and oxygen atoms in total. The van der Waals surface area contributed by atoms with Gasteiger partial charge in [0.25, 0.3) is 11.9 Å². The summed E-state index contributed by atoms with van der Waals surface area (Å²) in [6, 6.07) is 7.27. The summed E-state index contributed by atoms with van der Waals surface area (Å²) in [5.74, 6) is -0.0250. The number of amides is 3. The summed E-state index contributed by atoms with van der Waals surface area (Å²) in [6.07, 6.45) is 3.12. The van der Waals surface area contributed by atoms with E-state index in [0.717, 1.165) is 18.2 Å². The quantitative estimate of drug-likeness (QED) is 0.429. The van der Waals surface area contributed by atoms with Crippen molar-refractivity contribution in [2.75, 3.05) is 39.9 Å². The predicted molar refractivity (Wildman–Crippen MR) is 161 cm³/mol. The number of fused-ring (bicyclic) bond motifs is 4. The van der Waals surface area contributed by atoms with Crippen molar-refractivity contribution in [2.45, 2.75) is 52.0 Å². The molecule has 3 aromatic rings. The Morgan fingerprint density at radius 2 is 1.91 bits per heavy atom. The van der Waals surface area contributed by atoms with Crippen LogP contribution in [-0.4, -0.2) is 99.3 Å². The highest BCUT2D eigenvalue weighted by Crippen LogP contribution is 2.35. The third-order valence-electron chi connectivity index (χ3n) is 7.70. The number of carbonyl (C=O) groups excluding carboxylic acids is 3. The monoisotopic (exact) mass is 624 g/mol. The molecule has 2 N–H and O–H groups in total. The summed E-state index contributed by atoms with van der Waals surface area (Å²) in [4.78, 5) is 56.5. The van der Waals surface area contributed by atoms with Crippen molar-refractivity contribution < 1.29 is 38.2 Å². The molecular formula is C31H40N6O8. The van der Waals surface area contributed by atoms with Gasteiger partial charge in [0.1, 0.15) is 0 Å². The van der Waals surface area contributed by atoms with Crippen LogP contribution >= 0.6 is 0 Å². The van der Waals surface area contributed by atoms with Crippen LogP contribution in [0.2, 0.25) is 0 Å². The van der Waals surface area contributed by atoms with Crippen molar-refractivity contribution in [1.82, 2.24) is 29.9 Å². The third-order valence-corrected chi connectivity index (χ3v) is 7.70. The number of carbonyl (C=O) groups is 4. The van der Waals surface area contributed by atoms with Gasteiger partial charge in [-0.25, -0.2) is 4.98 Å². The summed E-state index contributed by atoms with van der Waals surface area (Å²) in [7, 11) is 3.44. The van der Waals surface area contributed by atoms with Crippen molar-refractivity contribution in [2.24, 2.45) is 7.05 Å². The number of nitrogens with zero attached hydrogens (tertiary/aromatic N) is 5. The van der Waals surface area contributed by atoms with E-state index >= 15 is 0 Å². The van der Waals surface area contributed by atoms with Gasteiger partial charge in [-0.3, -0.25) is 23.9 Å². The van der Waals surface area contributed by atoms with Gasteiger partial charge in [0.15, 0.2) is 17.4 Å². The van der Waals surface area contributed by atoms with Gasteiger partial charge in [-0.1, -0.05) is 6.07 Å². The van der Waals surface area contributed by atoms with Crippen LogP contribution in [0, 0.1) is 13.8 Å². The van der Waals surface area contributed by atoms with E-state index in [1.807, 2.05) is 31.3 Å². The molecular weight excluding hydrogens is 584 g/mol. The van der Waals surface area contributed by atoms with E-state index in [9.17, 15) is 14.4 Å². The van der Waals surface area contributed by atoms with Crippen molar-refractivity contribution in [3.8, 4) is 11.5 Å². The molecule has 1 saturated heterocycles. The number of aromatic nitrogens is 3. The van der Waals surface area contributed by atoms with Gasteiger partial charge in [0.05, 0.1) is 32.0 Å². The van der Waals surface area contributed by atoms with E-state index < -0.39 is 11.9 Å². The first-order valence-electron chi connectivity index (χ1n) is 14.7. The van der Waals surface area contributed by atoms with Gasteiger partial charge in [0, 0.05) is 64.8 Å². The second kappa shape index (κ2) is 14.7. The van der Waals surface area contributed by atoms with Crippen LogP contribution in [0.1, 0.15) is 59.1 Å². The molecule has 1 fully saturated rings. The molecule has 0 aliphatic carbocycles. The number of hydrogen-bond acceptors (Lipinski definition) is 9. The highest BCUT2D eigenvalue weighted by atomic mass is 16.5. The molecule has 2 bridgehead atoms. The van der Waals surface area contributed by atoms with Crippen molar-refractivity contribution >= 4 is 23.7 Å². The molecule has 2 aromatic heterocycles. The molecule has 14 heteroatoms. The Morgan fingerprint density at radius 1 is 1.16 bits per heavy atom. The zero-order valence-electron chi connectivity index (χ0n) is 26.2. The number of oxazole rings is 1. The number of likely N-dealkylation sites (tertiary alicyclic amines) is 1. The Balaban J connectivity index is 0.00000109. The van der Waals surface area contributed by atoms with Crippen molar-refractivity contribution in [3.05, 3.63) is 59.1 Å². The maximum atomic E-state index is 13.4. The van der Waals surface area contributed by atoms with Gasteiger partial charge in [0.2, 0.25) is 17.6 Å². The summed E-state index contributed by atoms with van der Waals surface area (Å²) < 4.78 is 18.9. The topological polar surface area (TPSA) is 169 Å². The predicted octanol–water partition coefficient (Wildman–Crippen LogP) is 2.09. The van der Waals surface area contributed by atoms with Gasteiger partial charge >= 0.3 is 0 Å². The highest BCUT2D eigenvalue weighted by Gasteiger charge is 2.38. The second-order valence-electron chi connectivity index (χ2n) is 11.0. The van der Waals surface area contributed by atoms with E-state index in [2.05, 4.69) is 15.4 Å². The SMILES string of the molecule is CC(=O)O.COc1ccc2cc1OCCCN(C(=O)c1oc(C)nc1C)CC(=O)N[C@H]1CN(C(=O)CCc3ccnn3C)C[C@H]21. The average molecular weight is 625 g/mol. The lowest BCUT2D eigenvalue weighted by atomic mass is 9.94. The molecule has 0 unspecified atom stereocenters. The largest absolute Gasteiger partial charge is 0.493 e. The molecule has 4 heterocycles. The van der Waals surface area contributed by atoms with Gasteiger partial charge in [-0.2, -0.15) is 5.10 Å². The third kappa shape index (κ3) is 8.40. The number of rotatable bonds is 5. The lowest BCUT2D eigenvalue weighted by Crippen LogP contribution is -2.47. The fourth-order valence-electron chi connectivity index (χ4n) is 5.56. The van der Waals surface area contributed by atoms with Gasteiger partial charge < -0.3 is 34.1 Å². The normalized spacial score (nSPS) is 18.2. The van der Waals surface area contributed by atoms with Gasteiger partial charge in [-0.15, -0.1) is 0 Å². The maximum absolute atomic E-state index is 13.4. The summed E-state index contributed by atoms with van der Waals surface area (Å²) in [5, 5.41) is 14.7. The molecule has 3 amide bonds. The molecule has 2 aliphatic heterocycles. The number of nitrogens with one attached hydrogen (secondary N) is 1. The lowest BCUT2D eigenvalue weighted by Gasteiger charge is -2.24. The number of aryl methyl sites for hydroxylation is 4. The van der Waals surface area contributed by atoms with Crippen LogP contribution < -0.4 is 14.8 Å². The highest BCUT2D eigenvalue weighted by molar-refractivity contribution is 5.95. The maximum Gasteiger partial charge on any atom is 0.300 e. The fourth-order valence-corrected chi connectivity index (χ4v) is 5.56. The van der Waals surface area contributed by atoms with E-state index in [0.29, 0.717) is 62.0 Å². The van der Waals surface area contributed by atoms with Crippen LogP contribution in [-0.2, 0) is 27.9 Å². The Labute approximate surface area is 261 Å². The fraction of sp³-hybridized carbons (Fsp3) is 0.484. The van der Waals surface area contributed by atoms with Crippen LogP contribution in [0.15, 0.2) is 34.9 Å². The number of benzene rings is 1. The molecule has 45 heavy (non-hydrogen) atoms. The smallest absolute Gasteiger partial charge is 0.300 e. The van der Waals surface area contributed by atoms with Crippen LogP contribution in [0.25, 0.3) is 0 Å². The Morgan fingerprint density at radius 3 is 2.56 bits per heavy atom. The average Bonchev–Trinajstić information content (AvgIpc) is 3.69. The van der Waals surface area contributed by atoms with Crippen LogP contribution in [0.3, 0.4) is 0 Å². The minimum absolute atomic E-state index is 0.00650. The van der Waals surface area contributed by atoms with E-state index in [-0.39, 0.29) is 42.6 Å². The molecule has 0 saturated carbocycles. The molecule has 0 spiro atoms. The van der Waals surface area contributed by atoms with Crippen LogP contribution in [0.5, 0.6) is 11.5 Å². The molecule has 1 aromatic carbocycles. The first kappa shape index (κ1) is 33.0. The zero-order valence-corrected chi connectivity index (χ0v) is 26.2. The number of hydrogen-bond donors (Lipinski definition) is 2. The number of carboxylic acid groups (broad SMARTS) is 1. The Bertz CT molecular complexity index is 1530. The minimum atomic E-state index is -0.833. The van der Waals surface area contributed by atoms with E-state index in [1.165, 1.54) is 4.90 Å². The van der Waals surface area contributed by atoms with Gasteiger partial charge in [-0.05, 0) is 43.5 Å². The number of methoxy groups -OCH3 is 1. The summed E-state index contributed by atoms with van der Waals surface area (Å²) >= 11 is 0. The number of carboxylic acids is 1. The van der Waals surface area contributed by atoms with Crippen molar-refractivity contribution in [3.63, 3.8) is 0 Å². The molecule has 2 atom stereocenters. The van der Waals surface area contributed by atoms with Crippen molar-refractivity contribution in [1.29, 1.82) is 0 Å². The summed E-state index contributed by atoms with van der Waals surface area (Å²) in [6.45, 7) is 5.70.